The molecule has 2 aromatic carbocycles. The second kappa shape index (κ2) is 8.01. The van der Waals surface area contributed by atoms with Gasteiger partial charge in [0.2, 0.25) is 0 Å². The van der Waals surface area contributed by atoms with Gasteiger partial charge in [0, 0.05) is 16.8 Å². The summed E-state index contributed by atoms with van der Waals surface area (Å²) in [6, 6.07) is 12.1. The van der Waals surface area contributed by atoms with E-state index in [1.54, 1.807) is 46.6 Å². The summed E-state index contributed by atoms with van der Waals surface area (Å²) in [6.45, 7) is 0.993. The Labute approximate surface area is 185 Å². The Bertz CT molecular complexity index is 1330. The Morgan fingerprint density at radius 3 is 2.90 bits per heavy atom. The summed E-state index contributed by atoms with van der Waals surface area (Å²) in [6.07, 6.45) is 1.64. The average molecular weight is 456 g/mol. The van der Waals surface area contributed by atoms with E-state index in [-0.39, 0.29) is 11.9 Å². The van der Waals surface area contributed by atoms with Gasteiger partial charge in [-0.3, -0.25) is 10.1 Å². The van der Waals surface area contributed by atoms with Crippen molar-refractivity contribution >= 4 is 57.1 Å². The lowest BCUT2D eigenvalue weighted by Gasteiger charge is -2.10. The Morgan fingerprint density at radius 2 is 2.10 bits per heavy atom. The highest BCUT2D eigenvalue weighted by Gasteiger charge is 2.17. The number of ether oxygens (including phenoxy) is 1. The van der Waals surface area contributed by atoms with E-state index in [9.17, 15) is 9.18 Å². The van der Waals surface area contributed by atoms with Crippen LogP contribution in [0.25, 0.3) is 16.6 Å². The topological polar surface area (TPSA) is 80.5 Å². The molecule has 0 saturated heterocycles. The Hall–Kier alpha value is -3.43. The van der Waals surface area contributed by atoms with Crippen LogP contribution in [0.15, 0.2) is 59.0 Å². The number of carbonyl (C=O) groups excluding carboxylic acids is 1. The number of carbonyl (C=O) groups is 1. The van der Waals surface area contributed by atoms with Crippen molar-refractivity contribution in [2.75, 3.05) is 18.5 Å². The van der Waals surface area contributed by atoms with E-state index in [4.69, 9.17) is 16.3 Å². The zero-order chi connectivity index (χ0) is 21.4. The molecule has 3 heterocycles. The van der Waals surface area contributed by atoms with Crippen LogP contribution < -0.4 is 10.6 Å². The van der Waals surface area contributed by atoms with Crippen LogP contribution in [0.1, 0.15) is 9.67 Å². The molecule has 0 atom stereocenters. The van der Waals surface area contributed by atoms with Crippen molar-refractivity contribution in [2.24, 2.45) is 4.99 Å². The maximum atomic E-state index is 14.8. The van der Waals surface area contributed by atoms with Gasteiger partial charge in [0.15, 0.2) is 0 Å². The number of aromatic nitrogens is 2. The lowest BCUT2D eigenvalue weighted by atomic mass is 10.2. The molecule has 0 spiro atoms. The maximum Gasteiger partial charge on any atom is 0.291 e. The fourth-order valence-corrected chi connectivity index (χ4v) is 4.13. The minimum absolute atomic E-state index is 0.227. The van der Waals surface area contributed by atoms with Crippen LogP contribution in [0.2, 0.25) is 5.02 Å². The van der Waals surface area contributed by atoms with Gasteiger partial charge in [0.25, 0.3) is 11.9 Å². The Balaban J connectivity index is 1.42. The van der Waals surface area contributed by atoms with Gasteiger partial charge in [-0.05, 0) is 24.3 Å². The fraction of sp³-hybridized carbons (Fsp3) is 0.0952. The van der Waals surface area contributed by atoms with Gasteiger partial charge in [0.05, 0.1) is 45.2 Å². The number of para-hydroxylation sites is 1. The SMILES string of the molecule is O=C(NC1=NCCO1)c1cc(-n2ncc3cc(Nc4ccccc4Cl)c(F)cc32)cs1. The van der Waals surface area contributed by atoms with Crippen LogP contribution in [0.5, 0.6) is 0 Å². The molecule has 31 heavy (non-hydrogen) atoms. The second-order valence-corrected chi connectivity index (χ2v) is 8.03. The number of amidine groups is 1. The fourth-order valence-electron chi connectivity index (χ4n) is 3.18. The maximum absolute atomic E-state index is 14.8. The summed E-state index contributed by atoms with van der Waals surface area (Å²) in [5, 5.41) is 13.0. The summed E-state index contributed by atoms with van der Waals surface area (Å²) < 4.78 is 21.6. The van der Waals surface area contributed by atoms with Gasteiger partial charge in [-0.15, -0.1) is 11.3 Å². The standard InChI is InChI=1S/C21H15ClFN5O2S/c22-14-3-1-2-4-16(14)26-17-7-12-10-25-28(18(12)9-15(17)23)13-8-19(31-11-13)20(29)27-21-24-5-6-30-21/h1-4,7-11,26H,5-6H2,(H,24,27,29). The van der Waals surface area contributed by atoms with Gasteiger partial charge in [-0.2, -0.15) is 5.10 Å². The van der Waals surface area contributed by atoms with Crippen molar-refractivity contribution in [3.8, 4) is 5.69 Å². The van der Waals surface area contributed by atoms with Gasteiger partial charge in [-0.25, -0.2) is 14.1 Å². The third kappa shape index (κ3) is 3.85. The highest BCUT2D eigenvalue weighted by atomic mass is 35.5. The number of rotatable bonds is 4. The number of aliphatic imine (C=N–C) groups is 1. The van der Waals surface area contributed by atoms with Crippen molar-refractivity contribution in [3.05, 3.63) is 69.8 Å². The number of nitrogens with zero attached hydrogens (tertiary/aromatic N) is 3. The monoisotopic (exact) mass is 455 g/mol. The summed E-state index contributed by atoms with van der Waals surface area (Å²) in [5.74, 6) is -0.760. The smallest absolute Gasteiger partial charge is 0.291 e. The second-order valence-electron chi connectivity index (χ2n) is 6.71. The molecule has 10 heteroatoms. The number of anilines is 2. The van der Waals surface area contributed by atoms with Gasteiger partial charge in [0.1, 0.15) is 12.4 Å². The van der Waals surface area contributed by atoms with Crippen LogP contribution in [0.4, 0.5) is 15.8 Å². The van der Waals surface area contributed by atoms with Gasteiger partial charge >= 0.3 is 0 Å². The van der Waals surface area contributed by atoms with Crippen molar-refractivity contribution in [1.82, 2.24) is 15.1 Å². The number of amides is 1. The summed E-state index contributed by atoms with van der Waals surface area (Å²) >= 11 is 7.42. The van der Waals surface area contributed by atoms with Crippen molar-refractivity contribution in [2.45, 2.75) is 0 Å². The van der Waals surface area contributed by atoms with E-state index in [1.807, 2.05) is 6.07 Å². The molecule has 4 aromatic rings. The van der Waals surface area contributed by atoms with Crippen molar-refractivity contribution in [3.63, 3.8) is 0 Å². The molecule has 0 radical (unpaired) electrons. The van der Waals surface area contributed by atoms with Crippen molar-refractivity contribution < 1.29 is 13.9 Å². The largest absolute Gasteiger partial charge is 0.463 e. The Kier molecular flexibility index (Phi) is 5.05. The van der Waals surface area contributed by atoms with Crippen LogP contribution in [-0.2, 0) is 4.74 Å². The molecule has 1 aliphatic heterocycles. The van der Waals surface area contributed by atoms with Crippen LogP contribution in [-0.4, -0.2) is 34.9 Å². The lowest BCUT2D eigenvalue weighted by Crippen LogP contribution is -2.29. The number of nitrogens with one attached hydrogen (secondary N) is 2. The van der Waals surface area contributed by atoms with Crippen LogP contribution in [0.3, 0.4) is 0 Å². The van der Waals surface area contributed by atoms with Crippen LogP contribution in [0, 0.1) is 5.82 Å². The first-order valence-electron chi connectivity index (χ1n) is 9.35. The zero-order valence-corrected chi connectivity index (χ0v) is 17.5. The molecular weight excluding hydrogens is 441 g/mol. The third-order valence-electron chi connectivity index (χ3n) is 4.66. The molecule has 1 aliphatic rings. The first-order chi connectivity index (χ1) is 15.1. The van der Waals surface area contributed by atoms with Crippen LogP contribution >= 0.6 is 22.9 Å². The number of hydrogen-bond acceptors (Lipinski definition) is 6. The molecule has 1 amide bonds. The normalized spacial score (nSPS) is 13.2. The predicted molar refractivity (Wildman–Crippen MR) is 119 cm³/mol. The Morgan fingerprint density at radius 1 is 1.23 bits per heavy atom. The van der Waals surface area contributed by atoms with Crippen molar-refractivity contribution in [1.29, 1.82) is 0 Å². The summed E-state index contributed by atoms with van der Waals surface area (Å²) in [4.78, 5) is 16.9. The molecule has 5 rings (SSSR count). The molecule has 2 N–H and O–H groups in total. The van der Waals surface area contributed by atoms with Gasteiger partial charge in [-0.1, -0.05) is 23.7 Å². The molecule has 0 unspecified atom stereocenters. The molecule has 7 nitrogen and oxygen atoms in total. The summed E-state index contributed by atoms with van der Waals surface area (Å²) in [7, 11) is 0. The first kappa shape index (κ1) is 19.5. The number of benzene rings is 2. The highest BCUT2D eigenvalue weighted by Crippen LogP contribution is 2.31. The molecule has 0 bridgehead atoms. The van der Waals surface area contributed by atoms with E-state index in [1.165, 1.54) is 17.4 Å². The van der Waals surface area contributed by atoms with E-state index < -0.39 is 5.82 Å². The van der Waals surface area contributed by atoms with E-state index in [0.29, 0.717) is 45.6 Å². The quantitative estimate of drug-likeness (QED) is 0.466. The van der Waals surface area contributed by atoms with E-state index >= 15 is 0 Å². The number of halogens is 2. The number of hydrogen-bond donors (Lipinski definition) is 2. The lowest BCUT2D eigenvalue weighted by molar-refractivity contribution is 0.0972. The van der Waals surface area contributed by atoms with E-state index in [0.717, 1.165) is 5.39 Å². The minimum Gasteiger partial charge on any atom is -0.463 e. The molecule has 0 aliphatic carbocycles. The molecule has 2 aromatic heterocycles. The zero-order valence-electron chi connectivity index (χ0n) is 15.9. The number of thiophene rings is 1. The molecular formula is C21H15ClFN5O2S. The highest BCUT2D eigenvalue weighted by molar-refractivity contribution is 7.12. The minimum atomic E-state index is -0.446. The average Bonchev–Trinajstić information content (AvgIpc) is 3.50. The first-order valence-corrected chi connectivity index (χ1v) is 10.6. The van der Waals surface area contributed by atoms with E-state index in [2.05, 4.69) is 20.7 Å². The predicted octanol–water partition coefficient (Wildman–Crippen LogP) is 4.74. The number of fused-ring (bicyclic) bond motifs is 1. The summed E-state index contributed by atoms with van der Waals surface area (Å²) in [5.41, 5.74) is 2.14. The molecule has 156 valence electrons. The van der Waals surface area contributed by atoms with Gasteiger partial charge < -0.3 is 10.1 Å². The third-order valence-corrected chi connectivity index (χ3v) is 5.91. The molecule has 0 fully saturated rings. The molecule has 0 saturated carbocycles.